The van der Waals surface area contributed by atoms with Gasteiger partial charge >= 0.3 is 0 Å². The predicted octanol–water partition coefficient (Wildman–Crippen LogP) is 6.07. The van der Waals surface area contributed by atoms with Crippen molar-refractivity contribution in [2.45, 2.75) is 11.8 Å². The highest BCUT2D eigenvalue weighted by Gasteiger charge is 2.16. The van der Waals surface area contributed by atoms with E-state index in [9.17, 15) is 0 Å². The Labute approximate surface area is 124 Å². The van der Waals surface area contributed by atoms with Gasteiger partial charge in [-0.3, -0.25) is 0 Å². The summed E-state index contributed by atoms with van der Waals surface area (Å²) < 4.78 is 2.28. The quantitative estimate of drug-likeness (QED) is 0.513. The maximum atomic E-state index is 3.77. The molecular formula is C12H9Br3S. The molecule has 0 amide bonds. The normalized spacial score (nSPS) is 12.8. The van der Waals surface area contributed by atoms with Gasteiger partial charge < -0.3 is 0 Å². The van der Waals surface area contributed by atoms with Crippen molar-refractivity contribution in [3.05, 3.63) is 54.6 Å². The number of rotatable bonds is 2. The van der Waals surface area contributed by atoms with Gasteiger partial charge in [-0.2, -0.15) is 0 Å². The van der Waals surface area contributed by atoms with E-state index in [1.165, 1.54) is 20.5 Å². The summed E-state index contributed by atoms with van der Waals surface area (Å²) >= 11 is 12.6. The molecule has 2 aromatic rings. The van der Waals surface area contributed by atoms with Crippen molar-refractivity contribution in [1.29, 1.82) is 0 Å². The Morgan fingerprint density at radius 2 is 1.94 bits per heavy atom. The molecule has 0 spiro atoms. The monoisotopic (exact) mass is 422 g/mol. The van der Waals surface area contributed by atoms with Crippen LogP contribution in [-0.4, -0.2) is 0 Å². The van der Waals surface area contributed by atoms with Gasteiger partial charge in [-0.05, 0) is 57.6 Å². The van der Waals surface area contributed by atoms with Crippen LogP contribution in [0.3, 0.4) is 0 Å². The van der Waals surface area contributed by atoms with E-state index < -0.39 is 0 Å². The summed E-state index contributed by atoms with van der Waals surface area (Å²) in [4.78, 5) is 1.56. The molecule has 1 aromatic heterocycles. The zero-order valence-electron chi connectivity index (χ0n) is 8.51. The van der Waals surface area contributed by atoms with E-state index >= 15 is 0 Å². The number of benzene rings is 1. The third-order valence-corrected chi connectivity index (χ3v) is 6.07. The van der Waals surface area contributed by atoms with Crippen LogP contribution in [-0.2, 0) is 0 Å². The summed E-state index contributed by atoms with van der Waals surface area (Å²) in [5.41, 5.74) is 2.60. The zero-order valence-corrected chi connectivity index (χ0v) is 14.1. The summed E-state index contributed by atoms with van der Waals surface area (Å²) in [6.45, 7) is 2.14. The van der Waals surface area contributed by atoms with Crippen LogP contribution < -0.4 is 0 Å². The van der Waals surface area contributed by atoms with Crippen molar-refractivity contribution in [1.82, 2.24) is 0 Å². The highest BCUT2D eigenvalue weighted by molar-refractivity contribution is 9.11. The Kier molecular flexibility index (Phi) is 4.27. The smallest absolute Gasteiger partial charge is 0.0752 e. The summed E-state index contributed by atoms with van der Waals surface area (Å²) in [6.07, 6.45) is 0. The van der Waals surface area contributed by atoms with E-state index in [1.807, 2.05) is 0 Å². The predicted molar refractivity (Wildman–Crippen MR) is 81.7 cm³/mol. The first kappa shape index (κ1) is 12.8. The third kappa shape index (κ3) is 2.61. The number of hydrogen-bond acceptors (Lipinski definition) is 1. The summed E-state index contributed by atoms with van der Waals surface area (Å²) in [6, 6.07) is 8.46. The lowest BCUT2D eigenvalue weighted by Gasteiger charge is -2.12. The number of alkyl halides is 1. The molecule has 0 bridgehead atoms. The van der Waals surface area contributed by atoms with Gasteiger partial charge in [-0.1, -0.05) is 37.9 Å². The third-order valence-electron chi connectivity index (χ3n) is 2.39. The Morgan fingerprint density at radius 1 is 1.19 bits per heavy atom. The van der Waals surface area contributed by atoms with Crippen molar-refractivity contribution < 1.29 is 0 Å². The molecule has 0 saturated carbocycles. The maximum absolute atomic E-state index is 3.77. The van der Waals surface area contributed by atoms with Gasteiger partial charge in [0.1, 0.15) is 0 Å². The van der Waals surface area contributed by atoms with Crippen LogP contribution in [0, 0.1) is 6.92 Å². The van der Waals surface area contributed by atoms with Crippen LogP contribution in [0.25, 0.3) is 0 Å². The molecule has 4 heteroatoms. The molecular weight excluding hydrogens is 416 g/mol. The molecule has 1 aromatic carbocycles. The highest BCUT2D eigenvalue weighted by Crippen LogP contribution is 2.40. The van der Waals surface area contributed by atoms with E-state index in [2.05, 4.69) is 84.4 Å². The first-order valence-corrected chi connectivity index (χ1v) is 8.10. The molecule has 1 atom stereocenters. The lowest BCUT2D eigenvalue weighted by atomic mass is 10.1. The van der Waals surface area contributed by atoms with Crippen LogP contribution in [0.1, 0.15) is 20.8 Å². The molecule has 0 aliphatic rings. The second-order valence-corrected chi connectivity index (χ2v) is 7.13. The van der Waals surface area contributed by atoms with Crippen molar-refractivity contribution in [2.75, 3.05) is 0 Å². The standard InChI is InChI=1S/C12H9Br3S/c1-7-2-3-8(13)6-9(7)11(15)12-10(14)4-5-16-12/h2-6,11H,1H3. The molecule has 0 radical (unpaired) electrons. The Balaban J connectivity index is 2.45. The van der Waals surface area contributed by atoms with Crippen LogP contribution in [0.2, 0.25) is 0 Å². The largest absolute Gasteiger partial charge is 0.146 e. The average molecular weight is 425 g/mol. The van der Waals surface area contributed by atoms with Gasteiger partial charge in [0, 0.05) is 13.8 Å². The van der Waals surface area contributed by atoms with Gasteiger partial charge in [-0.15, -0.1) is 11.3 Å². The van der Waals surface area contributed by atoms with Gasteiger partial charge in [0.25, 0.3) is 0 Å². The topological polar surface area (TPSA) is 0 Å². The summed E-state index contributed by atoms with van der Waals surface area (Å²) in [5.74, 6) is 0. The van der Waals surface area contributed by atoms with E-state index in [1.54, 1.807) is 11.3 Å². The molecule has 16 heavy (non-hydrogen) atoms. The highest BCUT2D eigenvalue weighted by atomic mass is 79.9. The minimum atomic E-state index is 0.249. The second kappa shape index (κ2) is 5.34. The molecule has 1 unspecified atom stereocenters. The zero-order chi connectivity index (χ0) is 11.7. The van der Waals surface area contributed by atoms with Crippen LogP contribution >= 0.6 is 59.1 Å². The molecule has 0 nitrogen and oxygen atoms in total. The SMILES string of the molecule is Cc1ccc(Br)cc1C(Br)c1sccc1Br. The van der Waals surface area contributed by atoms with Gasteiger partial charge in [0.2, 0.25) is 0 Å². The maximum Gasteiger partial charge on any atom is 0.0752 e. The fourth-order valence-electron chi connectivity index (χ4n) is 1.51. The van der Waals surface area contributed by atoms with Crippen molar-refractivity contribution in [2.24, 2.45) is 0 Å². The average Bonchev–Trinajstić information content (AvgIpc) is 2.67. The molecule has 0 saturated heterocycles. The van der Waals surface area contributed by atoms with Gasteiger partial charge in [0.05, 0.1) is 4.83 Å². The number of aryl methyl sites for hydroxylation is 1. The lowest BCUT2D eigenvalue weighted by Crippen LogP contribution is -1.94. The Bertz CT molecular complexity index is 505. The number of halogens is 3. The minimum Gasteiger partial charge on any atom is -0.146 e. The molecule has 0 fully saturated rings. The molecule has 84 valence electrons. The molecule has 2 rings (SSSR count). The Morgan fingerprint density at radius 3 is 2.56 bits per heavy atom. The molecule has 0 aliphatic heterocycles. The summed E-state index contributed by atoms with van der Waals surface area (Å²) in [5, 5.41) is 2.10. The van der Waals surface area contributed by atoms with Crippen LogP contribution in [0.4, 0.5) is 0 Å². The van der Waals surface area contributed by atoms with Crippen molar-refractivity contribution in [3.8, 4) is 0 Å². The lowest BCUT2D eigenvalue weighted by molar-refractivity contribution is 1.17. The van der Waals surface area contributed by atoms with Gasteiger partial charge in [-0.25, -0.2) is 0 Å². The Hall–Kier alpha value is 0.360. The van der Waals surface area contributed by atoms with E-state index in [4.69, 9.17) is 0 Å². The molecule has 1 heterocycles. The van der Waals surface area contributed by atoms with Crippen LogP contribution in [0.5, 0.6) is 0 Å². The van der Waals surface area contributed by atoms with Gasteiger partial charge in [0.15, 0.2) is 0 Å². The van der Waals surface area contributed by atoms with Crippen molar-refractivity contribution in [3.63, 3.8) is 0 Å². The fourth-order valence-corrected chi connectivity index (χ4v) is 4.86. The summed E-state index contributed by atoms with van der Waals surface area (Å²) in [7, 11) is 0. The molecule has 0 N–H and O–H groups in total. The van der Waals surface area contributed by atoms with E-state index in [-0.39, 0.29) is 4.83 Å². The first-order chi connectivity index (χ1) is 7.59. The molecule has 0 aliphatic carbocycles. The first-order valence-electron chi connectivity index (χ1n) is 4.72. The minimum absolute atomic E-state index is 0.249. The van der Waals surface area contributed by atoms with E-state index in [0.717, 1.165) is 4.47 Å². The fraction of sp³-hybridized carbons (Fsp3) is 0.167. The second-order valence-electron chi connectivity index (χ2n) is 3.50. The van der Waals surface area contributed by atoms with Crippen molar-refractivity contribution >= 4 is 59.1 Å². The van der Waals surface area contributed by atoms with E-state index in [0.29, 0.717) is 0 Å². The number of hydrogen-bond donors (Lipinski definition) is 0. The van der Waals surface area contributed by atoms with Crippen LogP contribution in [0.15, 0.2) is 38.6 Å². The number of thiophene rings is 1.